The number of aryl methyl sites for hydroxylation is 1. The summed E-state index contributed by atoms with van der Waals surface area (Å²) < 4.78 is 6.53. The van der Waals surface area contributed by atoms with Crippen LogP contribution in [0.5, 0.6) is 0 Å². The first-order valence-electron chi connectivity index (χ1n) is 13.9. The number of halogens is 1. The zero-order valence-electron chi connectivity index (χ0n) is 22.6. The molecule has 3 heterocycles. The van der Waals surface area contributed by atoms with Gasteiger partial charge in [-0.25, -0.2) is 0 Å². The molecule has 3 amide bonds. The molecule has 3 aliphatic rings. The van der Waals surface area contributed by atoms with E-state index in [9.17, 15) is 19.5 Å². The number of anilines is 2. The predicted octanol–water partition coefficient (Wildman–Crippen LogP) is 4.20. The summed E-state index contributed by atoms with van der Waals surface area (Å²) >= 11 is 6.45. The molecule has 3 fully saturated rings. The highest BCUT2D eigenvalue weighted by Gasteiger charge is 2.75. The van der Waals surface area contributed by atoms with Crippen LogP contribution in [0, 0.1) is 18.8 Å². The standard InChI is InChI=1S/C32H32ClN3O5/c1-19-9-8-14-23(33)27(19)35-30(39)28-32-16-15-24(41-32)25(29(38)34-21-12-6-3-7-13-21)26(32)31(40)36(28)22(18-37)17-20-10-4-2-5-11-20/h2-14,22,24-26,28,37H,15-18H2,1H3,(H,34,38)(H,35,39)/t22-,24-,25+,26+,28?,32?/m1/s1. The fourth-order valence-electron chi connectivity index (χ4n) is 6.95. The van der Waals surface area contributed by atoms with Gasteiger partial charge in [-0.2, -0.15) is 0 Å². The molecule has 2 unspecified atom stereocenters. The van der Waals surface area contributed by atoms with Gasteiger partial charge in [0.15, 0.2) is 0 Å². The number of likely N-dealkylation sites (tertiary alicyclic amines) is 1. The predicted molar refractivity (Wildman–Crippen MR) is 155 cm³/mol. The lowest BCUT2D eigenvalue weighted by Gasteiger charge is -2.37. The van der Waals surface area contributed by atoms with Gasteiger partial charge in [-0.3, -0.25) is 14.4 Å². The van der Waals surface area contributed by atoms with Crippen LogP contribution in [0.2, 0.25) is 5.02 Å². The van der Waals surface area contributed by atoms with Gasteiger partial charge in [-0.1, -0.05) is 72.3 Å². The van der Waals surface area contributed by atoms with Crippen LogP contribution in [0.1, 0.15) is 24.0 Å². The normalized spacial score (nSPS) is 27.0. The Morgan fingerprint density at radius 2 is 1.73 bits per heavy atom. The Kier molecular flexibility index (Phi) is 7.32. The van der Waals surface area contributed by atoms with E-state index in [0.717, 1.165) is 11.1 Å². The molecule has 0 radical (unpaired) electrons. The number of amides is 3. The summed E-state index contributed by atoms with van der Waals surface area (Å²) in [5, 5.41) is 16.9. The first kappa shape index (κ1) is 27.4. The maximum atomic E-state index is 14.4. The number of fused-ring (bicyclic) bond motifs is 1. The van der Waals surface area contributed by atoms with Crippen molar-refractivity contribution in [3.05, 3.63) is 95.0 Å². The second-order valence-electron chi connectivity index (χ2n) is 11.1. The van der Waals surface area contributed by atoms with Crippen LogP contribution in [0.25, 0.3) is 0 Å². The van der Waals surface area contributed by atoms with E-state index >= 15 is 0 Å². The first-order chi connectivity index (χ1) is 19.8. The number of hydrogen-bond acceptors (Lipinski definition) is 5. The van der Waals surface area contributed by atoms with Crippen LogP contribution in [-0.4, -0.2) is 58.1 Å². The molecular formula is C32H32ClN3O5. The lowest BCUT2D eigenvalue weighted by Crippen LogP contribution is -2.56. The van der Waals surface area contributed by atoms with Gasteiger partial charge in [-0.05, 0) is 55.5 Å². The Bertz CT molecular complexity index is 1450. The quantitative estimate of drug-likeness (QED) is 0.374. The van der Waals surface area contributed by atoms with Crippen molar-refractivity contribution in [1.82, 2.24) is 4.90 Å². The van der Waals surface area contributed by atoms with Gasteiger partial charge < -0.3 is 25.4 Å². The molecule has 3 saturated heterocycles. The van der Waals surface area contributed by atoms with Gasteiger partial charge in [0.25, 0.3) is 0 Å². The minimum absolute atomic E-state index is 0.312. The van der Waals surface area contributed by atoms with E-state index in [4.69, 9.17) is 16.3 Å². The monoisotopic (exact) mass is 573 g/mol. The summed E-state index contributed by atoms with van der Waals surface area (Å²) in [5.74, 6) is -2.75. The molecule has 0 aliphatic carbocycles. The van der Waals surface area contributed by atoms with Crippen molar-refractivity contribution in [2.45, 2.75) is 50.0 Å². The van der Waals surface area contributed by atoms with Crippen molar-refractivity contribution in [2.75, 3.05) is 17.2 Å². The van der Waals surface area contributed by atoms with E-state index < -0.39 is 41.5 Å². The third-order valence-electron chi connectivity index (χ3n) is 8.72. The van der Waals surface area contributed by atoms with Gasteiger partial charge in [0.2, 0.25) is 17.7 Å². The number of carbonyl (C=O) groups excluding carboxylic acids is 3. The van der Waals surface area contributed by atoms with Crippen LogP contribution in [0.4, 0.5) is 11.4 Å². The van der Waals surface area contributed by atoms with Crippen LogP contribution >= 0.6 is 11.6 Å². The molecule has 0 saturated carbocycles. The Morgan fingerprint density at radius 1 is 1.02 bits per heavy atom. The number of aliphatic hydroxyl groups excluding tert-OH is 1. The maximum Gasteiger partial charge on any atom is 0.250 e. The molecule has 3 aliphatic heterocycles. The third-order valence-corrected chi connectivity index (χ3v) is 9.03. The second kappa shape index (κ2) is 10.9. The molecule has 6 atom stereocenters. The third kappa shape index (κ3) is 4.70. The molecule has 41 heavy (non-hydrogen) atoms. The summed E-state index contributed by atoms with van der Waals surface area (Å²) in [5.41, 5.74) is 1.57. The molecule has 8 nitrogen and oxygen atoms in total. The van der Waals surface area contributed by atoms with Crippen molar-refractivity contribution < 1.29 is 24.2 Å². The zero-order valence-corrected chi connectivity index (χ0v) is 23.4. The number of hydrogen-bond donors (Lipinski definition) is 3. The number of aliphatic hydroxyl groups is 1. The average molecular weight is 574 g/mol. The number of rotatable bonds is 8. The molecule has 212 valence electrons. The maximum absolute atomic E-state index is 14.4. The Labute approximate surface area is 243 Å². The van der Waals surface area contributed by atoms with Crippen molar-refractivity contribution >= 4 is 40.7 Å². The van der Waals surface area contributed by atoms with Crippen LogP contribution < -0.4 is 10.6 Å². The molecule has 3 N–H and O–H groups in total. The zero-order chi connectivity index (χ0) is 28.7. The molecule has 1 spiro atoms. The summed E-state index contributed by atoms with van der Waals surface area (Å²) in [4.78, 5) is 43.7. The highest BCUT2D eigenvalue weighted by atomic mass is 35.5. The van der Waals surface area contributed by atoms with E-state index in [0.29, 0.717) is 35.7 Å². The van der Waals surface area contributed by atoms with Crippen molar-refractivity contribution in [3.63, 3.8) is 0 Å². The van der Waals surface area contributed by atoms with Crippen molar-refractivity contribution in [3.8, 4) is 0 Å². The summed E-state index contributed by atoms with van der Waals surface area (Å²) in [6.07, 6.45) is 0.837. The SMILES string of the molecule is Cc1cccc(Cl)c1NC(=O)C1N([C@@H](CO)Cc2ccccc2)C(=O)[C@@H]2[C@@H](C(=O)Nc3ccccc3)[C@H]3CCC12O3. The largest absolute Gasteiger partial charge is 0.394 e. The number of benzene rings is 3. The molecule has 0 aromatic heterocycles. The van der Waals surface area contributed by atoms with Crippen molar-refractivity contribution in [2.24, 2.45) is 11.8 Å². The molecule has 2 bridgehead atoms. The number of ether oxygens (including phenoxy) is 1. The van der Waals surface area contributed by atoms with Gasteiger partial charge in [0.05, 0.1) is 41.3 Å². The summed E-state index contributed by atoms with van der Waals surface area (Å²) in [6.45, 7) is 1.48. The van der Waals surface area contributed by atoms with Crippen LogP contribution in [0.15, 0.2) is 78.9 Å². The fourth-order valence-corrected chi connectivity index (χ4v) is 7.22. The van der Waals surface area contributed by atoms with Crippen molar-refractivity contribution in [1.29, 1.82) is 0 Å². The smallest absolute Gasteiger partial charge is 0.250 e. The van der Waals surface area contributed by atoms with E-state index in [1.165, 1.54) is 4.90 Å². The first-order valence-corrected chi connectivity index (χ1v) is 14.3. The minimum atomic E-state index is -1.20. The Balaban J connectivity index is 1.39. The van der Waals surface area contributed by atoms with Crippen LogP contribution in [0.3, 0.4) is 0 Å². The van der Waals surface area contributed by atoms with E-state index in [1.54, 1.807) is 24.3 Å². The van der Waals surface area contributed by atoms with Gasteiger partial charge in [0, 0.05) is 5.69 Å². The van der Waals surface area contributed by atoms with Gasteiger partial charge in [-0.15, -0.1) is 0 Å². The van der Waals surface area contributed by atoms with E-state index in [1.807, 2.05) is 61.5 Å². The Morgan fingerprint density at radius 3 is 2.41 bits per heavy atom. The fraction of sp³-hybridized carbons (Fsp3) is 0.344. The molecular weight excluding hydrogens is 542 g/mol. The highest BCUT2D eigenvalue weighted by molar-refractivity contribution is 6.34. The molecule has 3 aromatic rings. The van der Waals surface area contributed by atoms with E-state index in [-0.39, 0.29) is 18.4 Å². The summed E-state index contributed by atoms with van der Waals surface area (Å²) in [6, 6.07) is 22.2. The summed E-state index contributed by atoms with van der Waals surface area (Å²) in [7, 11) is 0. The average Bonchev–Trinajstić information content (AvgIpc) is 3.62. The number of carbonyl (C=O) groups is 3. The second-order valence-corrected chi connectivity index (χ2v) is 11.5. The molecule has 3 aromatic carbocycles. The lowest BCUT2D eigenvalue weighted by atomic mass is 9.70. The molecule has 9 heteroatoms. The molecule has 6 rings (SSSR count). The number of para-hydroxylation sites is 2. The topological polar surface area (TPSA) is 108 Å². The van der Waals surface area contributed by atoms with E-state index in [2.05, 4.69) is 10.6 Å². The highest BCUT2D eigenvalue weighted by Crippen LogP contribution is 2.59. The number of nitrogens with one attached hydrogen (secondary N) is 2. The van der Waals surface area contributed by atoms with Gasteiger partial charge in [0.1, 0.15) is 11.6 Å². The lowest BCUT2D eigenvalue weighted by molar-refractivity contribution is -0.143. The Hall–Kier alpha value is -3.72. The van der Waals surface area contributed by atoms with Crippen LogP contribution in [-0.2, 0) is 25.5 Å². The van der Waals surface area contributed by atoms with Gasteiger partial charge >= 0.3 is 0 Å². The minimum Gasteiger partial charge on any atom is -0.394 e. The number of nitrogens with zero attached hydrogens (tertiary/aromatic N) is 1.